The highest BCUT2D eigenvalue weighted by atomic mass is 14.9. The molecule has 0 N–H and O–H groups in total. The van der Waals surface area contributed by atoms with E-state index < -0.39 is 0 Å². The number of nitrogens with zero attached hydrogens (tertiary/aromatic N) is 1. The van der Waals surface area contributed by atoms with E-state index in [9.17, 15) is 0 Å². The summed E-state index contributed by atoms with van der Waals surface area (Å²) in [4.78, 5) is 0. The fraction of sp³-hybridized carbons (Fsp3) is 0.125. The highest BCUT2D eigenvalue weighted by Crippen LogP contribution is 2.38. The number of aromatic nitrogens is 1. The standard InChI is InChI=1S/C24H18N/c1-2-11-19-17(9-1)18-10-3-4-12-20(18)23-21-13-5-7-16-8-6-14-25(24(16)21)15-22(19)23/h1-4,6,8-12,14-15H,5,7,13H2/q+1. The lowest BCUT2D eigenvalue weighted by molar-refractivity contribution is -0.511. The maximum absolute atomic E-state index is 2.35. The maximum Gasteiger partial charge on any atom is 0.217 e. The smallest absolute Gasteiger partial charge is 0.166 e. The molecule has 1 nitrogen and oxygen atoms in total. The zero-order valence-electron chi connectivity index (χ0n) is 14.0. The molecule has 1 heteroatoms. The van der Waals surface area contributed by atoms with Crippen LogP contribution in [0.1, 0.15) is 17.5 Å². The largest absolute Gasteiger partial charge is 0.217 e. The minimum Gasteiger partial charge on any atom is -0.166 e. The van der Waals surface area contributed by atoms with Crippen LogP contribution in [0.4, 0.5) is 0 Å². The molecule has 0 spiro atoms. The summed E-state index contributed by atoms with van der Waals surface area (Å²) in [7, 11) is 0. The molecule has 0 fully saturated rings. The van der Waals surface area contributed by atoms with Crippen molar-refractivity contribution in [2.24, 2.45) is 0 Å². The van der Waals surface area contributed by atoms with Gasteiger partial charge in [0.25, 0.3) is 0 Å². The first-order valence-corrected chi connectivity index (χ1v) is 9.10. The third-order valence-corrected chi connectivity index (χ3v) is 5.81. The van der Waals surface area contributed by atoms with Gasteiger partial charge in [-0.05, 0) is 46.9 Å². The van der Waals surface area contributed by atoms with Crippen LogP contribution in [-0.4, -0.2) is 0 Å². The van der Waals surface area contributed by atoms with Crippen molar-refractivity contribution in [2.45, 2.75) is 19.3 Å². The molecule has 0 atom stereocenters. The van der Waals surface area contributed by atoms with Crippen molar-refractivity contribution in [3.63, 3.8) is 0 Å². The van der Waals surface area contributed by atoms with Crippen LogP contribution >= 0.6 is 0 Å². The number of rotatable bonds is 0. The predicted octanol–water partition coefficient (Wildman–Crippen LogP) is 5.37. The first-order valence-electron chi connectivity index (χ1n) is 9.10. The molecule has 0 saturated carbocycles. The number of hydrogen-bond donors (Lipinski definition) is 0. The molecule has 0 saturated heterocycles. The van der Waals surface area contributed by atoms with Crippen molar-refractivity contribution in [1.29, 1.82) is 0 Å². The van der Waals surface area contributed by atoms with Crippen molar-refractivity contribution < 1.29 is 4.40 Å². The van der Waals surface area contributed by atoms with Crippen LogP contribution in [0.3, 0.4) is 0 Å². The molecule has 0 aliphatic heterocycles. The summed E-state index contributed by atoms with van der Waals surface area (Å²) in [6.45, 7) is 0. The number of hydrogen-bond acceptors (Lipinski definition) is 0. The van der Waals surface area contributed by atoms with Gasteiger partial charge in [0.05, 0.1) is 5.39 Å². The Kier molecular flexibility index (Phi) is 2.56. The summed E-state index contributed by atoms with van der Waals surface area (Å²) in [6, 6.07) is 22.2. The van der Waals surface area contributed by atoms with Crippen LogP contribution in [0.15, 0.2) is 73.1 Å². The van der Waals surface area contributed by atoms with Crippen molar-refractivity contribution in [3.05, 3.63) is 84.2 Å². The average Bonchev–Trinajstić information content (AvgIpc) is 2.68. The monoisotopic (exact) mass is 320 g/mol. The summed E-state index contributed by atoms with van der Waals surface area (Å²) in [5.74, 6) is 0. The normalized spacial score (nSPS) is 13.9. The van der Waals surface area contributed by atoms with Gasteiger partial charge in [-0.2, -0.15) is 4.40 Å². The Bertz CT molecular complexity index is 1310. The van der Waals surface area contributed by atoms with Gasteiger partial charge in [-0.1, -0.05) is 48.5 Å². The van der Waals surface area contributed by atoms with Gasteiger partial charge in [0.2, 0.25) is 5.52 Å². The van der Waals surface area contributed by atoms with E-state index >= 15 is 0 Å². The van der Waals surface area contributed by atoms with Crippen LogP contribution in [0.2, 0.25) is 0 Å². The second-order valence-corrected chi connectivity index (χ2v) is 7.13. The minimum absolute atomic E-state index is 1.17. The molecule has 118 valence electrons. The highest BCUT2D eigenvalue weighted by molar-refractivity contribution is 6.26. The Labute approximate surface area is 146 Å². The van der Waals surface area contributed by atoms with E-state index in [1.165, 1.54) is 68.2 Å². The molecule has 0 amide bonds. The SMILES string of the molecule is c1ccc2c(c1)c1ccccc1c1c3c4c(ccc[n+]4cc21)CCC3. The molecule has 2 aromatic heterocycles. The van der Waals surface area contributed by atoms with E-state index in [-0.39, 0.29) is 0 Å². The van der Waals surface area contributed by atoms with Crippen molar-refractivity contribution in [3.8, 4) is 0 Å². The molecular formula is C24H18N+. The van der Waals surface area contributed by atoms with Gasteiger partial charge < -0.3 is 0 Å². The zero-order valence-corrected chi connectivity index (χ0v) is 14.0. The number of pyridine rings is 2. The van der Waals surface area contributed by atoms with Gasteiger partial charge >= 0.3 is 0 Å². The summed E-state index contributed by atoms with van der Waals surface area (Å²) in [6.07, 6.45) is 8.15. The van der Waals surface area contributed by atoms with E-state index in [4.69, 9.17) is 0 Å². The molecule has 0 unspecified atom stereocenters. The quantitative estimate of drug-likeness (QED) is 0.205. The van der Waals surface area contributed by atoms with Gasteiger partial charge in [-0.25, -0.2) is 0 Å². The molecule has 25 heavy (non-hydrogen) atoms. The molecule has 2 heterocycles. The maximum atomic E-state index is 2.35. The fourth-order valence-electron chi connectivity index (χ4n) is 4.81. The van der Waals surface area contributed by atoms with E-state index in [2.05, 4.69) is 77.5 Å². The molecular weight excluding hydrogens is 302 g/mol. The van der Waals surface area contributed by atoms with E-state index in [1.54, 1.807) is 0 Å². The third-order valence-electron chi connectivity index (χ3n) is 5.81. The highest BCUT2D eigenvalue weighted by Gasteiger charge is 2.24. The van der Waals surface area contributed by atoms with Crippen molar-refractivity contribution in [2.75, 3.05) is 0 Å². The van der Waals surface area contributed by atoms with Gasteiger partial charge in [0.15, 0.2) is 12.4 Å². The molecule has 6 rings (SSSR count). The van der Waals surface area contributed by atoms with Crippen LogP contribution < -0.4 is 4.40 Å². The van der Waals surface area contributed by atoms with E-state index in [0.717, 1.165) is 0 Å². The van der Waals surface area contributed by atoms with Crippen LogP contribution in [0.25, 0.3) is 37.8 Å². The third kappa shape index (κ3) is 1.70. The number of aryl methyl sites for hydroxylation is 2. The molecule has 1 aliphatic rings. The van der Waals surface area contributed by atoms with Crippen LogP contribution in [0, 0.1) is 0 Å². The molecule has 1 aliphatic carbocycles. The minimum atomic E-state index is 1.17. The van der Waals surface area contributed by atoms with Gasteiger partial charge in [-0.3, -0.25) is 0 Å². The average molecular weight is 320 g/mol. The topological polar surface area (TPSA) is 4.10 Å². The number of fused-ring (bicyclic) bond motifs is 7. The first-order chi connectivity index (χ1) is 12.4. The Morgan fingerprint density at radius 3 is 2.12 bits per heavy atom. The zero-order chi connectivity index (χ0) is 16.4. The van der Waals surface area contributed by atoms with Gasteiger partial charge in [0, 0.05) is 22.6 Å². The first kappa shape index (κ1) is 13.4. The Morgan fingerprint density at radius 1 is 0.640 bits per heavy atom. The van der Waals surface area contributed by atoms with Gasteiger partial charge in [-0.15, -0.1) is 0 Å². The Morgan fingerprint density at radius 2 is 1.32 bits per heavy atom. The van der Waals surface area contributed by atoms with E-state index in [1.807, 2.05) is 0 Å². The lowest BCUT2D eigenvalue weighted by Gasteiger charge is -2.17. The summed E-state index contributed by atoms with van der Waals surface area (Å²) in [5.41, 5.74) is 4.45. The molecule has 0 bridgehead atoms. The van der Waals surface area contributed by atoms with Crippen LogP contribution in [-0.2, 0) is 12.8 Å². The Hall–Kier alpha value is -2.93. The fourth-order valence-corrected chi connectivity index (χ4v) is 4.81. The number of benzene rings is 3. The lowest BCUT2D eigenvalue weighted by Crippen LogP contribution is -2.26. The van der Waals surface area contributed by atoms with Crippen molar-refractivity contribution >= 4 is 37.8 Å². The summed E-state index contributed by atoms with van der Waals surface area (Å²) < 4.78 is 2.35. The predicted molar refractivity (Wildman–Crippen MR) is 104 cm³/mol. The van der Waals surface area contributed by atoms with Crippen LogP contribution in [0.5, 0.6) is 0 Å². The molecule has 0 radical (unpaired) electrons. The van der Waals surface area contributed by atoms with Gasteiger partial charge in [0.1, 0.15) is 0 Å². The molecule has 3 aromatic carbocycles. The van der Waals surface area contributed by atoms with Crippen molar-refractivity contribution in [1.82, 2.24) is 0 Å². The lowest BCUT2D eigenvalue weighted by atomic mass is 9.87. The second-order valence-electron chi connectivity index (χ2n) is 7.13. The summed E-state index contributed by atoms with van der Waals surface area (Å²) in [5, 5.41) is 8.31. The Balaban J connectivity index is 2.02. The summed E-state index contributed by atoms with van der Waals surface area (Å²) >= 11 is 0. The molecule has 5 aromatic rings. The van der Waals surface area contributed by atoms with E-state index in [0.29, 0.717) is 0 Å². The second kappa shape index (κ2) is 4.80.